The number of furan rings is 1. The van der Waals surface area contributed by atoms with Gasteiger partial charge in [0.1, 0.15) is 18.3 Å². The van der Waals surface area contributed by atoms with E-state index in [1.807, 2.05) is 7.05 Å². The predicted octanol–water partition coefficient (Wildman–Crippen LogP) is 1.19. The monoisotopic (exact) mass is 430 g/mol. The fraction of sp³-hybridized carbons (Fsp3) is 0.556. The zero-order valence-electron chi connectivity index (χ0n) is 16.2. The molecule has 1 spiro atoms. The minimum absolute atomic E-state index is 0.0169. The Morgan fingerprint density at radius 3 is 2.33 bits per heavy atom. The summed E-state index contributed by atoms with van der Waals surface area (Å²) in [6.07, 6.45) is -0.974. The highest BCUT2D eigenvalue weighted by molar-refractivity contribution is 5.94. The molecule has 0 radical (unpaired) electrons. The van der Waals surface area contributed by atoms with E-state index in [-0.39, 0.29) is 18.4 Å². The van der Waals surface area contributed by atoms with E-state index in [0.29, 0.717) is 38.0 Å². The summed E-state index contributed by atoms with van der Waals surface area (Å²) >= 11 is 0. The molecule has 2 fully saturated rings. The number of alkyl halides is 3. The largest absolute Gasteiger partial charge is 0.490 e. The lowest BCUT2D eigenvalue weighted by atomic mass is 9.82. The summed E-state index contributed by atoms with van der Waals surface area (Å²) in [5.41, 5.74) is -0.0437. The van der Waals surface area contributed by atoms with Gasteiger partial charge in [-0.2, -0.15) is 18.4 Å². The van der Waals surface area contributed by atoms with E-state index in [9.17, 15) is 22.8 Å². The van der Waals surface area contributed by atoms with Gasteiger partial charge in [-0.25, -0.2) is 4.79 Å². The van der Waals surface area contributed by atoms with Crippen molar-refractivity contribution >= 4 is 17.8 Å². The average Bonchev–Trinajstić information content (AvgIpc) is 3.23. The maximum absolute atomic E-state index is 12.8. The first-order chi connectivity index (χ1) is 14.0. The lowest BCUT2D eigenvalue weighted by molar-refractivity contribution is -0.192. The first kappa shape index (κ1) is 23.2. The molecule has 2 aliphatic rings. The Labute approximate surface area is 170 Å². The van der Waals surface area contributed by atoms with E-state index in [4.69, 9.17) is 19.6 Å². The molecule has 12 heteroatoms. The number of carboxylic acid groups (broad SMARTS) is 1. The number of amides is 2. The number of nitriles is 1. The van der Waals surface area contributed by atoms with Crippen LogP contribution in [0.25, 0.3) is 0 Å². The molecule has 1 N–H and O–H groups in total. The fourth-order valence-electron chi connectivity index (χ4n) is 3.52. The van der Waals surface area contributed by atoms with Crippen LogP contribution in [0.4, 0.5) is 13.2 Å². The van der Waals surface area contributed by atoms with Crippen LogP contribution >= 0.6 is 0 Å². The molecule has 1 aromatic heterocycles. The minimum atomic E-state index is -5.08. The lowest BCUT2D eigenvalue weighted by Gasteiger charge is -2.51. The molecule has 9 nitrogen and oxygen atoms in total. The normalized spacial score (nSPS) is 19.1. The summed E-state index contributed by atoms with van der Waals surface area (Å²) in [6.45, 7) is 2.53. The molecule has 2 amide bonds. The molecule has 164 valence electrons. The van der Waals surface area contributed by atoms with Crippen molar-refractivity contribution in [3.05, 3.63) is 24.2 Å². The van der Waals surface area contributed by atoms with Crippen molar-refractivity contribution in [3.8, 4) is 6.07 Å². The minimum Gasteiger partial charge on any atom is -0.475 e. The Morgan fingerprint density at radius 2 is 1.87 bits per heavy atom. The van der Waals surface area contributed by atoms with Crippen LogP contribution in [0.2, 0.25) is 0 Å². The maximum Gasteiger partial charge on any atom is 0.490 e. The highest BCUT2D eigenvalue weighted by Gasteiger charge is 2.49. The van der Waals surface area contributed by atoms with Crippen LogP contribution in [0.1, 0.15) is 23.2 Å². The number of likely N-dealkylation sites (tertiary alicyclic amines) is 1. The molecule has 0 aliphatic carbocycles. The molecule has 0 atom stereocenters. The van der Waals surface area contributed by atoms with E-state index in [1.165, 1.54) is 12.5 Å². The number of hydrogen-bond acceptors (Lipinski definition) is 6. The third-order valence-corrected chi connectivity index (χ3v) is 5.27. The molecule has 0 saturated carbocycles. The van der Waals surface area contributed by atoms with E-state index >= 15 is 0 Å². The summed E-state index contributed by atoms with van der Waals surface area (Å²) in [7, 11) is 1.95. The zero-order chi connectivity index (χ0) is 22.5. The van der Waals surface area contributed by atoms with Gasteiger partial charge in [0, 0.05) is 26.2 Å². The van der Waals surface area contributed by atoms with Gasteiger partial charge in [0.2, 0.25) is 5.91 Å². The van der Waals surface area contributed by atoms with Gasteiger partial charge in [0.05, 0.1) is 17.9 Å². The van der Waals surface area contributed by atoms with Crippen molar-refractivity contribution in [2.24, 2.45) is 0 Å². The van der Waals surface area contributed by atoms with Crippen molar-refractivity contribution in [1.29, 1.82) is 5.26 Å². The van der Waals surface area contributed by atoms with Crippen molar-refractivity contribution < 1.29 is 37.1 Å². The number of hydrogen-bond donors (Lipinski definition) is 1. The van der Waals surface area contributed by atoms with E-state index < -0.39 is 17.7 Å². The molecule has 0 aromatic carbocycles. The zero-order valence-corrected chi connectivity index (χ0v) is 16.2. The predicted molar refractivity (Wildman–Crippen MR) is 95.1 cm³/mol. The van der Waals surface area contributed by atoms with Crippen LogP contribution in [0.5, 0.6) is 0 Å². The van der Waals surface area contributed by atoms with Crippen molar-refractivity contribution in [2.45, 2.75) is 24.6 Å². The molecule has 1 aromatic rings. The summed E-state index contributed by atoms with van der Waals surface area (Å²) < 4.78 is 36.7. The average molecular weight is 430 g/mol. The summed E-state index contributed by atoms with van der Waals surface area (Å²) in [6, 6.07) is 3.71. The topological polar surface area (TPSA) is 118 Å². The Morgan fingerprint density at radius 1 is 1.27 bits per heavy atom. The van der Waals surface area contributed by atoms with Gasteiger partial charge in [-0.1, -0.05) is 0 Å². The van der Waals surface area contributed by atoms with E-state index in [1.54, 1.807) is 15.9 Å². The second-order valence-electron chi connectivity index (χ2n) is 6.95. The molecule has 0 unspecified atom stereocenters. The molecule has 2 aliphatic heterocycles. The molecular formula is C18H21F3N4O5. The van der Waals surface area contributed by atoms with Gasteiger partial charge < -0.3 is 19.3 Å². The lowest BCUT2D eigenvalue weighted by Crippen LogP contribution is -2.68. The van der Waals surface area contributed by atoms with Crippen LogP contribution in [-0.2, 0) is 9.59 Å². The smallest absolute Gasteiger partial charge is 0.475 e. The molecule has 0 bridgehead atoms. The third kappa shape index (κ3) is 4.91. The fourth-order valence-corrected chi connectivity index (χ4v) is 3.52. The van der Waals surface area contributed by atoms with Crippen molar-refractivity contribution in [1.82, 2.24) is 14.7 Å². The van der Waals surface area contributed by atoms with Gasteiger partial charge >= 0.3 is 12.1 Å². The van der Waals surface area contributed by atoms with Gasteiger partial charge in [0.25, 0.3) is 5.91 Å². The van der Waals surface area contributed by atoms with Crippen LogP contribution in [0.3, 0.4) is 0 Å². The van der Waals surface area contributed by atoms with Crippen molar-refractivity contribution in [2.75, 3.05) is 39.8 Å². The summed E-state index contributed by atoms with van der Waals surface area (Å²) in [5, 5.41) is 16.0. The van der Waals surface area contributed by atoms with Crippen LogP contribution in [0.15, 0.2) is 23.0 Å². The highest BCUT2D eigenvalue weighted by atomic mass is 19.4. The Balaban J connectivity index is 0.000000396. The van der Waals surface area contributed by atoms with Crippen LogP contribution in [-0.4, -0.2) is 89.1 Å². The van der Waals surface area contributed by atoms with Crippen LogP contribution in [0, 0.1) is 11.3 Å². The van der Waals surface area contributed by atoms with Crippen molar-refractivity contribution in [3.63, 3.8) is 0 Å². The molecular weight excluding hydrogens is 409 g/mol. The number of piperidine rings is 1. The number of aliphatic carboxylic acids is 1. The van der Waals surface area contributed by atoms with Crippen LogP contribution < -0.4 is 0 Å². The number of carboxylic acids is 1. The van der Waals surface area contributed by atoms with E-state index in [0.717, 1.165) is 6.54 Å². The third-order valence-electron chi connectivity index (χ3n) is 5.27. The van der Waals surface area contributed by atoms with E-state index in [2.05, 4.69) is 11.0 Å². The maximum atomic E-state index is 12.8. The van der Waals surface area contributed by atoms with Gasteiger partial charge in [0.15, 0.2) is 0 Å². The standard InChI is InChI=1S/C16H20N4O3.C2HF3O2/c1-18-9-10-20(8-5-17)15(22)16(18)3-6-19(7-4-16)14(21)13-2-11-23-12-13;3-2(4,5)1(6)7/h2,11-12H,3-4,6-10H2,1H3;(H,6,7). The second kappa shape index (κ2) is 9.17. The number of carbonyl (C=O) groups excluding carboxylic acids is 2. The number of likely N-dealkylation sites (N-methyl/N-ethyl adjacent to an activating group) is 1. The Bertz CT molecular complexity index is 811. The number of piperazine rings is 1. The number of nitrogens with zero attached hydrogens (tertiary/aromatic N) is 4. The molecule has 3 heterocycles. The Kier molecular flexibility index (Phi) is 7.09. The number of halogens is 3. The molecule has 3 rings (SSSR count). The quantitative estimate of drug-likeness (QED) is 0.700. The SMILES string of the molecule is CN1CCN(CC#N)C(=O)C12CCN(C(=O)c1ccoc1)CC2.O=C(O)C(F)(F)F. The van der Waals surface area contributed by atoms with Gasteiger partial charge in [-0.3, -0.25) is 14.5 Å². The highest BCUT2D eigenvalue weighted by Crippen LogP contribution is 2.33. The van der Waals surface area contributed by atoms with Gasteiger partial charge in [-0.15, -0.1) is 0 Å². The second-order valence-corrected chi connectivity index (χ2v) is 6.95. The van der Waals surface area contributed by atoms with Gasteiger partial charge in [-0.05, 0) is 26.0 Å². The molecule has 30 heavy (non-hydrogen) atoms. The molecule has 2 saturated heterocycles. The number of carbonyl (C=O) groups is 3. The number of rotatable bonds is 2. The summed E-state index contributed by atoms with van der Waals surface area (Å²) in [5.74, 6) is -2.80. The Hall–Kier alpha value is -3.07. The first-order valence-electron chi connectivity index (χ1n) is 9.02. The first-order valence-corrected chi connectivity index (χ1v) is 9.02. The summed E-state index contributed by atoms with van der Waals surface area (Å²) in [4.78, 5) is 39.6.